The summed E-state index contributed by atoms with van der Waals surface area (Å²) in [7, 11) is -3.71. The minimum absolute atomic E-state index is 0.00146. The van der Waals surface area contributed by atoms with Crippen LogP contribution in [0.15, 0.2) is 34.5 Å². The molecule has 0 spiro atoms. The maximum absolute atomic E-state index is 12.8. The third-order valence-electron chi connectivity index (χ3n) is 3.97. The first-order valence-electron chi connectivity index (χ1n) is 7.77. The molecule has 134 valence electrons. The molecule has 9 heteroatoms. The lowest BCUT2D eigenvalue weighted by Crippen LogP contribution is -2.36. The van der Waals surface area contributed by atoms with Crippen molar-refractivity contribution in [2.24, 2.45) is 0 Å². The summed E-state index contributed by atoms with van der Waals surface area (Å²) in [6.07, 6.45) is 2.65. The highest BCUT2D eigenvalue weighted by atomic mass is 35.5. The van der Waals surface area contributed by atoms with Crippen LogP contribution < -0.4 is 5.32 Å². The van der Waals surface area contributed by atoms with Crippen LogP contribution in [0.5, 0.6) is 5.75 Å². The van der Waals surface area contributed by atoms with Gasteiger partial charge in [0.2, 0.25) is 10.0 Å². The number of halogens is 1. The number of thiophene rings is 1. The van der Waals surface area contributed by atoms with Crippen molar-refractivity contribution < 1.29 is 18.3 Å². The number of carbonyl (C=O) groups excluding carboxylic acids is 1. The highest BCUT2D eigenvalue weighted by molar-refractivity contribution is 7.89. The first-order chi connectivity index (χ1) is 11.9. The number of anilines is 1. The van der Waals surface area contributed by atoms with Gasteiger partial charge in [0, 0.05) is 18.1 Å². The van der Waals surface area contributed by atoms with Gasteiger partial charge < -0.3 is 10.4 Å². The molecule has 1 aliphatic heterocycles. The van der Waals surface area contributed by atoms with Gasteiger partial charge in [-0.15, -0.1) is 11.3 Å². The molecule has 0 radical (unpaired) electrons. The lowest BCUT2D eigenvalue weighted by molar-refractivity contribution is 0.102. The molecular weight excluding hydrogens is 384 g/mol. The van der Waals surface area contributed by atoms with E-state index in [0.29, 0.717) is 18.1 Å². The fourth-order valence-electron chi connectivity index (χ4n) is 2.70. The number of benzene rings is 1. The minimum atomic E-state index is -3.71. The Bertz CT molecular complexity index is 889. The number of carbonyl (C=O) groups is 1. The van der Waals surface area contributed by atoms with E-state index < -0.39 is 15.9 Å². The number of hydrogen-bond acceptors (Lipinski definition) is 5. The Morgan fingerprint density at radius 2 is 1.92 bits per heavy atom. The number of phenols is 1. The van der Waals surface area contributed by atoms with E-state index in [9.17, 15) is 18.3 Å². The second-order valence-electron chi connectivity index (χ2n) is 5.69. The summed E-state index contributed by atoms with van der Waals surface area (Å²) in [4.78, 5) is 12.6. The summed E-state index contributed by atoms with van der Waals surface area (Å²) in [5, 5.41) is 14.3. The predicted octanol–water partition coefficient (Wildman–Crippen LogP) is 3.53. The molecule has 0 aliphatic carbocycles. The first kappa shape index (κ1) is 18.2. The molecule has 1 aromatic heterocycles. The van der Waals surface area contributed by atoms with Gasteiger partial charge in [-0.1, -0.05) is 18.0 Å². The van der Waals surface area contributed by atoms with Gasteiger partial charge in [-0.05, 0) is 42.5 Å². The van der Waals surface area contributed by atoms with Crippen molar-refractivity contribution in [3.63, 3.8) is 0 Å². The Hall–Kier alpha value is -1.61. The van der Waals surface area contributed by atoms with Gasteiger partial charge in [0.25, 0.3) is 5.91 Å². The van der Waals surface area contributed by atoms with Crippen molar-refractivity contribution in [3.05, 3.63) is 39.5 Å². The molecule has 1 amide bonds. The van der Waals surface area contributed by atoms with Crippen molar-refractivity contribution in [1.82, 2.24) is 4.31 Å². The van der Waals surface area contributed by atoms with Crippen molar-refractivity contribution in [1.29, 1.82) is 0 Å². The molecule has 3 rings (SSSR count). The zero-order chi connectivity index (χ0) is 18.0. The van der Waals surface area contributed by atoms with E-state index in [1.807, 2.05) is 0 Å². The van der Waals surface area contributed by atoms with E-state index in [2.05, 4.69) is 5.32 Å². The number of sulfonamides is 1. The summed E-state index contributed by atoms with van der Waals surface area (Å²) in [5.74, 6) is -0.738. The van der Waals surface area contributed by atoms with Gasteiger partial charge in [0.1, 0.15) is 15.5 Å². The monoisotopic (exact) mass is 400 g/mol. The number of nitrogens with zero attached hydrogens (tertiary/aromatic N) is 1. The van der Waals surface area contributed by atoms with Crippen LogP contribution in [0.3, 0.4) is 0 Å². The van der Waals surface area contributed by atoms with Gasteiger partial charge in [-0.2, -0.15) is 4.31 Å². The maximum atomic E-state index is 12.8. The van der Waals surface area contributed by atoms with Crippen LogP contribution in [0.2, 0.25) is 5.02 Å². The van der Waals surface area contributed by atoms with Crippen LogP contribution in [0, 0.1) is 0 Å². The Kier molecular flexibility index (Phi) is 5.33. The van der Waals surface area contributed by atoms with E-state index in [4.69, 9.17) is 11.6 Å². The molecule has 1 aromatic carbocycles. The largest absolute Gasteiger partial charge is 0.506 e. The molecule has 0 bridgehead atoms. The van der Waals surface area contributed by atoms with E-state index in [1.54, 1.807) is 5.38 Å². The van der Waals surface area contributed by atoms with Gasteiger partial charge >= 0.3 is 0 Å². The highest BCUT2D eigenvalue weighted by Gasteiger charge is 2.31. The molecule has 0 atom stereocenters. The second kappa shape index (κ2) is 7.33. The van der Waals surface area contributed by atoms with Gasteiger partial charge in [-0.25, -0.2) is 8.42 Å². The highest BCUT2D eigenvalue weighted by Crippen LogP contribution is 2.30. The van der Waals surface area contributed by atoms with Crippen molar-refractivity contribution >= 4 is 44.6 Å². The number of aromatic hydroxyl groups is 1. The maximum Gasteiger partial charge on any atom is 0.267 e. The number of rotatable bonds is 4. The van der Waals surface area contributed by atoms with Gasteiger partial charge in [-0.3, -0.25) is 4.79 Å². The average Bonchev–Trinajstić information content (AvgIpc) is 3.09. The quantitative estimate of drug-likeness (QED) is 0.768. The Labute approximate surface area is 155 Å². The van der Waals surface area contributed by atoms with Crippen LogP contribution in [-0.4, -0.2) is 36.8 Å². The second-order valence-corrected chi connectivity index (χ2v) is 8.95. The number of piperidine rings is 1. The van der Waals surface area contributed by atoms with Crippen LogP contribution in [-0.2, 0) is 10.0 Å². The molecule has 2 heterocycles. The Morgan fingerprint density at radius 1 is 1.20 bits per heavy atom. The molecule has 0 saturated carbocycles. The standard InChI is InChI=1S/C16H17ClN2O4S2/c17-11-4-5-13(20)12(10-11)18-16(21)15-14(6-9-24-15)25(22,23)19-7-2-1-3-8-19/h4-6,9-10,20H,1-3,7-8H2,(H,18,21). The number of nitrogens with one attached hydrogen (secondary N) is 1. The molecule has 2 N–H and O–H groups in total. The van der Waals surface area contributed by atoms with Crippen molar-refractivity contribution in [2.75, 3.05) is 18.4 Å². The zero-order valence-electron chi connectivity index (χ0n) is 13.2. The summed E-state index contributed by atoms with van der Waals surface area (Å²) < 4.78 is 27.1. The zero-order valence-corrected chi connectivity index (χ0v) is 15.6. The van der Waals surface area contributed by atoms with E-state index in [1.165, 1.54) is 28.6 Å². The Morgan fingerprint density at radius 3 is 2.64 bits per heavy atom. The number of amides is 1. The van der Waals surface area contributed by atoms with Crippen molar-refractivity contribution in [2.45, 2.75) is 24.2 Å². The molecule has 1 saturated heterocycles. The van der Waals surface area contributed by atoms with Gasteiger partial charge in [0.15, 0.2) is 0 Å². The SMILES string of the molecule is O=C(Nc1cc(Cl)ccc1O)c1sccc1S(=O)(=O)N1CCCCC1. The van der Waals surface area contributed by atoms with E-state index >= 15 is 0 Å². The molecule has 1 fully saturated rings. The fraction of sp³-hybridized carbons (Fsp3) is 0.312. The summed E-state index contributed by atoms with van der Waals surface area (Å²) in [6.45, 7) is 0.933. The smallest absolute Gasteiger partial charge is 0.267 e. The summed E-state index contributed by atoms with van der Waals surface area (Å²) in [6, 6.07) is 5.70. The first-order valence-corrected chi connectivity index (χ1v) is 10.5. The fourth-order valence-corrected chi connectivity index (χ4v) is 5.68. The third kappa shape index (κ3) is 3.82. The lowest BCUT2D eigenvalue weighted by Gasteiger charge is -2.25. The van der Waals surface area contributed by atoms with E-state index in [0.717, 1.165) is 30.6 Å². The molecule has 2 aromatic rings. The average molecular weight is 401 g/mol. The van der Waals surface area contributed by atoms with Crippen molar-refractivity contribution in [3.8, 4) is 5.75 Å². The molecule has 1 aliphatic rings. The van der Waals surface area contributed by atoms with Crippen LogP contribution in [0.4, 0.5) is 5.69 Å². The van der Waals surface area contributed by atoms with E-state index in [-0.39, 0.29) is 21.2 Å². The summed E-state index contributed by atoms with van der Waals surface area (Å²) >= 11 is 6.91. The lowest BCUT2D eigenvalue weighted by atomic mass is 10.2. The number of hydrogen-bond donors (Lipinski definition) is 2. The summed E-state index contributed by atoms with van der Waals surface area (Å²) in [5.41, 5.74) is 0.132. The minimum Gasteiger partial charge on any atom is -0.506 e. The van der Waals surface area contributed by atoms with Crippen LogP contribution in [0.25, 0.3) is 0 Å². The van der Waals surface area contributed by atoms with Gasteiger partial charge in [0.05, 0.1) is 5.69 Å². The Balaban J connectivity index is 1.88. The third-order valence-corrected chi connectivity index (χ3v) is 7.19. The predicted molar refractivity (Wildman–Crippen MR) is 98.0 cm³/mol. The number of phenolic OH excluding ortho intramolecular Hbond substituents is 1. The van der Waals surface area contributed by atoms with Crippen LogP contribution in [0.1, 0.15) is 28.9 Å². The van der Waals surface area contributed by atoms with Crippen LogP contribution >= 0.6 is 22.9 Å². The molecule has 25 heavy (non-hydrogen) atoms. The topological polar surface area (TPSA) is 86.7 Å². The normalized spacial score (nSPS) is 15.9. The molecule has 6 nitrogen and oxygen atoms in total. The molecular formula is C16H17ClN2O4S2. The molecule has 0 unspecified atom stereocenters.